The lowest BCUT2D eigenvalue weighted by Gasteiger charge is -2.16. The molecule has 1 unspecified atom stereocenters. The van der Waals surface area contributed by atoms with Crippen LogP contribution in [0.4, 0.5) is 10.5 Å². The first-order valence-electron chi connectivity index (χ1n) is 6.66. The van der Waals surface area contributed by atoms with E-state index in [1.54, 1.807) is 19.2 Å². The van der Waals surface area contributed by atoms with Crippen LogP contribution in [-0.2, 0) is 7.05 Å². The summed E-state index contributed by atoms with van der Waals surface area (Å²) in [4.78, 5) is 25.5. The fourth-order valence-electron chi connectivity index (χ4n) is 2.27. The molecule has 0 radical (unpaired) electrons. The average Bonchev–Trinajstić information content (AvgIpc) is 2.88. The number of hydrogen-bond donors (Lipinski definition) is 2. The summed E-state index contributed by atoms with van der Waals surface area (Å²) in [6, 6.07) is 1.12. The fourth-order valence-corrected chi connectivity index (χ4v) is 2.27. The van der Waals surface area contributed by atoms with Gasteiger partial charge in [0.25, 0.3) is 0 Å². The van der Waals surface area contributed by atoms with Crippen LogP contribution in [0.3, 0.4) is 0 Å². The summed E-state index contributed by atoms with van der Waals surface area (Å²) in [5, 5.41) is 26.3. The molecule has 0 aliphatic heterocycles. The van der Waals surface area contributed by atoms with Crippen LogP contribution in [0.25, 0.3) is 11.3 Å². The van der Waals surface area contributed by atoms with Crippen molar-refractivity contribution in [2.75, 3.05) is 0 Å². The zero-order chi connectivity index (χ0) is 17.0. The smallest absolute Gasteiger partial charge is 0.405 e. The Morgan fingerprint density at radius 3 is 2.91 bits per heavy atom. The van der Waals surface area contributed by atoms with E-state index >= 15 is 0 Å². The van der Waals surface area contributed by atoms with E-state index in [9.17, 15) is 14.9 Å². The van der Waals surface area contributed by atoms with Crippen molar-refractivity contribution in [2.24, 2.45) is 7.05 Å². The normalized spacial score (nSPS) is 11.7. The Labute approximate surface area is 131 Å². The van der Waals surface area contributed by atoms with E-state index in [-0.39, 0.29) is 5.69 Å². The van der Waals surface area contributed by atoms with Gasteiger partial charge in [-0.1, -0.05) is 6.08 Å². The van der Waals surface area contributed by atoms with Gasteiger partial charge in [0.05, 0.1) is 11.0 Å². The monoisotopic (exact) mass is 317 g/mol. The second-order valence-corrected chi connectivity index (χ2v) is 4.79. The van der Waals surface area contributed by atoms with Crippen LogP contribution in [0.15, 0.2) is 37.3 Å². The topological polar surface area (TPSA) is 123 Å². The van der Waals surface area contributed by atoms with Crippen molar-refractivity contribution < 1.29 is 14.8 Å². The number of carboxylic acid groups (broad SMARTS) is 1. The molecular formula is C14H15N5O4. The van der Waals surface area contributed by atoms with Crippen molar-refractivity contribution in [3.05, 3.63) is 53.0 Å². The van der Waals surface area contributed by atoms with E-state index in [0.29, 0.717) is 23.2 Å². The highest BCUT2D eigenvalue weighted by Crippen LogP contribution is 2.30. The van der Waals surface area contributed by atoms with Crippen molar-refractivity contribution >= 4 is 11.8 Å². The van der Waals surface area contributed by atoms with E-state index in [2.05, 4.69) is 22.0 Å². The fraction of sp³-hybridized carbons (Fsp3) is 0.214. The van der Waals surface area contributed by atoms with Crippen LogP contribution in [0, 0.1) is 10.1 Å². The molecular weight excluding hydrogens is 302 g/mol. The molecule has 0 aliphatic carbocycles. The molecule has 2 heterocycles. The van der Waals surface area contributed by atoms with E-state index in [1.165, 1.54) is 23.3 Å². The van der Waals surface area contributed by atoms with Crippen molar-refractivity contribution in [2.45, 2.75) is 12.5 Å². The lowest BCUT2D eigenvalue weighted by molar-refractivity contribution is -0.384. The van der Waals surface area contributed by atoms with Crippen molar-refractivity contribution in [3.8, 4) is 11.3 Å². The molecule has 23 heavy (non-hydrogen) atoms. The maximum Gasteiger partial charge on any atom is 0.405 e. The molecule has 0 bridgehead atoms. The molecule has 2 aromatic heterocycles. The van der Waals surface area contributed by atoms with Crippen LogP contribution in [-0.4, -0.2) is 30.9 Å². The third-order valence-corrected chi connectivity index (χ3v) is 3.25. The molecule has 0 saturated carbocycles. The van der Waals surface area contributed by atoms with Gasteiger partial charge in [-0.2, -0.15) is 5.10 Å². The molecule has 0 aliphatic rings. The average molecular weight is 317 g/mol. The van der Waals surface area contributed by atoms with Crippen LogP contribution in [0.1, 0.15) is 18.0 Å². The minimum Gasteiger partial charge on any atom is -0.465 e. The highest BCUT2D eigenvalue weighted by molar-refractivity contribution is 5.70. The van der Waals surface area contributed by atoms with Crippen molar-refractivity contribution in [3.63, 3.8) is 0 Å². The van der Waals surface area contributed by atoms with Gasteiger partial charge in [0, 0.05) is 25.0 Å². The predicted octanol–water partition coefficient (Wildman–Crippen LogP) is 2.28. The molecule has 9 nitrogen and oxygen atoms in total. The standard InChI is InChI=1S/C14H15N5O4/c1-3-4-11(17-14(20)21)9-5-10(7-15-6-9)13-12(19(22)23)8-16-18(13)2/h3,5-8,11,17H,1,4H2,2H3,(H,20,21). The van der Waals surface area contributed by atoms with Gasteiger partial charge in [0.15, 0.2) is 0 Å². The quantitative estimate of drug-likeness (QED) is 0.478. The Morgan fingerprint density at radius 2 is 2.30 bits per heavy atom. The van der Waals surface area contributed by atoms with Crippen LogP contribution in [0.5, 0.6) is 0 Å². The summed E-state index contributed by atoms with van der Waals surface area (Å²) in [5.74, 6) is 0. The zero-order valence-electron chi connectivity index (χ0n) is 12.3. The SMILES string of the molecule is C=CCC(NC(=O)O)c1cncc(-c2c([N+](=O)[O-])cnn2C)c1. The van der Waals surface area contributed by atoms with Gasteiger partial charge in [-0.25, -0.2) is 4.79 Å². The molecule has 0 spiro atoms. The van der Waals surface area contributed by atoms with E-state index in [0.717, 1.165) is 0 Å². The Balaban J connectivity index is 2.47. The van der Waals surface area contributed by atoms with E-state index in [1.807, 2.05) is 0 Å². The van der Waals surface area contributed by atoms with Gasteiger partial charge in [0.2, 0.25) is 0 Å². The maximum atomic E-state index is 11.1. The number of carbonyl (C=O) groups is 1. The first-order valence-corrected chi connectivity index (χ1v) is 6.66. The minimum absolute atomic E-state index is 0.141. The molecule has 2 rings (SSSR count). The number of amides is 1. The lowest BCUT2D eigenvalue weighted by atomic mass is 10.0. The Bertz CT molecular complexity index is 755. The number of nitrogens with one attached hydrogen (secondary N) is 1. The maximum absolute atomic E-state index is 11.1. The summed E-state index contributed by atoms with van der Waals surface area (Å²) < 4.78 is 1.38. The second kappa shape index (κ2) is 6.69. The van der Waals surface area contributed by atoms with Gasteiger partial charge in [0.1, 0.15) is 11.9 Å². The largest absolute Gasteiger partial charge is 0.465 e. The van der Waals surface area contributed by atoms with Crippen molar-refractivity contribution in [1.29, 1.82) is 0 Å². The van der Waals surface area contributed by atoms with E-state index in [4.69, 9.17) is 5.11 Å². The van der Waals surface area contributed by atoms with Gasteiger partial charge < -0.3 is 10.4 Å². The molecule has 2 N–H and O–H groups in total. The summed E-state index contributed by atoms with van der Waals surface area (Å²) >= 11 is 0. The lowest BCUT2D eigenvalue weighted by Crippen LogP contribution is -2.26. The molecule has 0 fully saturated rings. The number of aryl methyl sites for hydroxylation is 1. The molecule has 0 aromatic carbocycles. The summed E-state index contributed by atoms with van der Waals surface area (Å²) in [5.41, 5.74) is 1.23. The van der Waals surface area contributed by atoms with Crippen LogP contribution < -0.4 is 5.32 Å². The van der Waals surface area contributed by atoms with Crippen molar-refractivity contribution in [1.82, 2.24) is 20.1 Å². The van der Waals surface area contributed by atoms with Gasteiger partial charge >= 0.3 is 11.8 Å². The van der Waals surface area contributed by atoms with Crippen LogP contribution in [0.2, 0.25) is 0 Å². The van der Waals surface area contributed by atoms with E-state index < -0.39 is 17.1 Å². The molecule has 2 aromatic rings. The Hall–Kier alpha value is -3.23. The summed E-state index contributed by atoms with van der Waals surface area (Å²) in [7, 11) is 1.59. The number of aromatic nitrogens is 3. The van der Waals surface area contributed by atoms with Gasteiger partial charge in [-0.3, -0.25) is 19.8 Å². The third-order valence-electron chi connectivity index (χ3n) is 3.25. The number of nitro groups is 1. The number of pyridine rings is 1. The third kappa shape index (κ3) is 3.51. The molecule has 1 amide bonds. The molecule has 120 valence electrons. The second-order valence-electron chi connectivity index (χ2n) is 4.79. The van der Waals surface area contributed by atoms with Gasteiger partial charge in [-0.15, -0.1) is 6.58 Å². The predicted molar refractivity (Wildman–Crippen MR) is 81.8 cm³/mol. The molecule has 1 atom stereocenters. The van der Waals surface area contributed by atoms with Gasteiger partial charge in [-0.05, 0) is 18.1 Å². The summed E-state index contributed by atoms with van der Waals surface area (Å²) in [6.45, 7) is 3.60. The number of nitrogens with zero attached hydrogens (tertiary/aromatic N) is 4. The first kappa shape index (κ1) is 16.1. The Kier molecular flexibility index (Phi) is 4.69. The zero-order valence-corrected chi connectivity index (χ0v) is 12.3. The first-order chi connectivity index (χ1) is 10.9. The number of rotatable bonds is 6. The number of hydrogen-bond acceptors (Lipinski definition) is 5. The Morgan fingerprint density at radius 1 is 1.57 bits per heavy atom. The highest BCUT2D eigenvalue weighted by atomic mass is 16.6. The molecule has 0 saturated heterocycles. The summed E-state index contributed by atoms with van der Waals surface area (Å²) in [6.07, 6.45) is 4.92. The minimum atomic E-state index is -1.17. The van der Waals surface area contributed by atoms with Crippen LogP contribution >= 0.6 is 0 Å². The highest BCUT2D eigenvalue weighted by Gasteiger charge is 2.22. The molecule has 9 heteroatoms.